The summed E-state index contributed by atoms with van der Waals surface area (Å²) in [6, 6.07) is 16.1. The zero-order valence-corrected chi connectivity index (χ0v) is 11.3. The number of para-hydroxylation sites is 1. The number of hydrogen-bond acceptors (Lipinski definition) is 3. The summed E-state index contributed by atoms with van der Waals surface area (Å²) >= 11 is 0. The van der Waals surface area contributed by atoms with E-state index in [-0.39, 0.29) is 0 Å². The number of rotatable bonds is 4. The monoisotopic (exact) mass is 264 g/mol. The largest absolute Gasteiger partial charge is 0.366 e. The molecule has 0 radical (unpaired) electrons. The third-order valence-corrected chi connectivity index (χ3v) is 3.09. The summed E-state index contributed by atoms with van der Waals surface area (Å²) in [5.41, 5.74) is 3.27. The molecular formula is C16H16N4. The Kier molecular flexibility index (Phi) is 3.46. The number of aromatic nitrogens is 3. The number of nitrogens with zero attached hydrogens (tertiary/aromatic N) is 3. The normalized spacial score (nSPS) is 10.4. The summed E-state index contributed by atoms with van der Waals surface area (Å²) in [6.07, 6.45) is 3.73. The van der Waals surface area contributed by atoms with Gasteiger partial charge in [0.05, 0.1) is 5.69 Å². The minimum Gasteiger partial charge on any atom is -0.366 e. The van der Waals surface area contributed by atoms with Crippen molar-refractivity contribution in [3.63, 3.8) is 0 Å². The molecule has 0 saturated heterocycles. The molecule has 3 aromatic rings. The fraction of sp³-hybridized carbons (Fsp3) is 0.125. The van der Waals surface area contributed by atoms with Crippen LogP contribution in [-0.4, -0.2) is 14.8 Å². The highest BCUT2D eigenvalue weighted by molar-refractivity contribution is 5.44. The molecule has 4 heteroatoms. The second kappa shape index (κ2) is 5.57. The van der Waals surface area contributed by atoms with Crippen molar-refractivity contribution in [2.45, 2.75) is 13.5 Å². The van der Waals surface area contributed by atoms with Gasteiger partial charge in [0, 0.05) is 24.6 Å². The van der Waals surface area contributed by atoms with Crippen LogP contribution in [0.5, 0.6) is 0 Å². The molecule has 0 aliphatic rings. The lowest BCUT2D eigenvalue weighted by molar-refractivity contribution is 0.863. The van der Waals surface area contributed by atoms with Crippen LogP contribution in [0.1, 0.15) is 11.3 Å². The van der Waals surface area contributed by atoms with E-state index < -0.39 is 0 Å². The molecule has 0 atom stereocenters. The van der Waals surface area contributed by atoms with Crippen molar-refractivity contribution >= 4 is 5.82 Å². The van der Waals surface area contributed by atoms with Crippen LogP contribution in [-0.2, 0) is 6.54 Å². The molecule has 0 saturated carbocycles. The van der Waals surface area contributed by atoms with E-state index in [1.807, 2.05) is 54.2 Å². The fourth-order valence-electron chi connectivity index (χ4n) is 2.12. The first-order valence-electron chi connectivity index (χ1n) is 6.58. The van der Waals surface area contributed by atoms with E-state index >= 15 is 0 Å². The van der Waals surface area contributed by atoms with Gasteiger partial charge in [0.2, 0.25) is 0 Å². The number of hydrogen-bond donors (Lipinski definition) is 1. The smallest absolute Gasteiger partial charge is 0.126 e. The van der Waals surface area contributed by atoms with Crippen molar-refractivity contribution in [2.75, 3.05) is 5.32 Å². The lowest BCUT2D eigenvalue weighted by atomic mass is 10.2. The van der Waals surface area contributed by atoms with Gasteiger partial charge in [-0.3, -0.25) is 0 Å². The van der Waals surface area contributed by atoms with Crippen molar-refractivity contribution in [3.8, 4) is 5.69 Å². The number of anilines is 1. The highest BCUT2D eigenvalue weighted by Crippen LogP contribution is 2.15. The van der Waals surface area contributed by atoms with Gasteiger partial charge < -0.3 is 5.32 Å². The van der Waals surface area contributed by atoms with E-state index in [1.165, 1.54) is 5.56 Å². The Morgan fingerprint density at radius 2 is 1.95 bits per heavy atom. The van der Waals surface area contributed by atoms with Gasteiger partial charge in [-0.25, -0.2) is 9.67 Å². The lowest BCUT2D eigenvalue weighted by Gasteiger charge is -2.11. The second-order valence-electron chi connectivity index (χ2n) is 4.60. The Morgan fingerprint density at radius 1 is 1.05 bits per heavy atom. The van der Waals surface area contributed by atoms with Crippen LogP contribution in [0, 0.1) is 6.92 Å². The molecule has 0 aliphatic heterocycles. The molecular weight excluding hydrogens is 248 g/mol. The van der Waals surface area contributed by atoms with Gasteiger partial charge in [-0.2, -0.15) is 5.10 Å². The third kappa shape index (κ3) is 2.69. The third-order valence-electron chi connectivity index (χ3n) is 3.09. The van der Waals surface area contributed by atoms with Crippen LogP contribution in [0.4, 0.5) is 5.82 Å². The molecule has 2 heterocycles. The molecule has 1 aromatic carbocycles. The van der Waals surface area contributed by atoms with Crippen LogP contribution in [0.15, 0.2) is 60.9 Å². The summed E-state index contributed by atoms with van der Waals surface area (Å²) in [5, 5.41) is 7.64. The maximum atomic E-state index is 4.45. The number of aryl methyl sites for hydroxylation is 1. The zero-order chi connectivity index (χ0) is 13.8. The van der Waals surface area contributed by atoms with Crippen LogP contribution in [0.2, 0.25) is 0 Å². The standard InChI is InChI=1S/C16H16N4/c1-13-6-4-9-16(19-13)17-12-14-7-2-3-8-15(14)20-11-5-10-18-20/h2-11H,12H2,1H3,(H,17,19). The van der Waals surface area contributed by atoms with E-state index in [2.05, 4.69) is 27.5 Å². The quantitative estimate of drug-likeness (QED) is 0.787. The van der Waals surface area contributed by atoms with Crippen LogP contribution in [0.25, 0.3) is 5.69 Å². The topological polar surface area (TPSA) is 42.7 Å². The molecule has 0 aliphatic carbocycles. The fourth-order valence-corrected chi connectivity index (χ4v) is 2.12. The molecule has 0 fully saturated rings. The van der Waals surface area contributed by atoms with Crippen molar-refractivity contribution in [2.24, 2.45) is 0 Å². The number of pyridine rings is 1. The van der Waals surface area contributed by atoms with Gasteiger partial charge in [-0.1, -0.05) is 24.3 Å². The summed E-state index contributed by atoms with van der Waals surface area (Å²) < 4.78 is 1.88. The van der Waals surface area contributed by atoms with Crippen LogP contribution < -0.4 is 5.32 Å². The Hall–Kier alpha value is -2.62. The van der Waals surface area contributed by atoms with Gasteiger partial charge in [-0.15, -0.1) is 0 Å². The predicted octanol–water partition coefficient (Wildman–Crippen LogP) is 3.19. The van der Waals surface area contributed by atoms with Crippen molar-refractivity contribution in [3.05, 3.63) is 72.2 Å². The van der Waals surface area contributed by atoms with E-state index in [0.717, 1.165) is 17.2 Å². The molecule has 0 amide bonds. The van der Waals surface area contributed by atoms with Gasteiger partial charge in [0.1, 0.15) is 5.82 Å². The highest BCUT2D eigenvalue weighted by Gasteiger charge is 2.04. The minimum absolute atomic E-state index is 0.715. The molecule has 20 heavy (non-hydrogen) atoms. The van der Waals surface area contributed by atoms with E-state index in [9.17, 15) is 0 Å². The maximum Gasteiger partial charge on any atom is 0.126 e. The molecule has 3 rings (SSSR count). The molecule has 0 bridgehead atoms. The van der Waals surface area contributed by atoms with Gasteiger partial charge in [-0.05, 0) is 36.8 Å². The van der Waals surface area contributed by atoms with Crippen molar-refractivity contribution in [1.82, 2.24) is 14.8 Å². The lowest BCUT2D eigenvalue weighted by Crippen LogP contribution is -2.06. The molecule has 2 aromatic heterocycles. The first kappa shape index (κ1) is 12.4. The summed E-state index contributed by atoms with van der Waals surface area (Å²) in [5.74, 6) is 0.889. The molecule has 1 N–H and O–H groups in total. The molecule has 4 nitrogen and oxygen atoms in total. The maximum absolute atomic E-state index is 4.45. The Bertz CT molecular complexity index is 689. The SMILES string of the molecule is Cc1cccc(NCc2ccccc2-n2cccn2)n1. The zero-order valence-electron chi connectivity index (χ0n) is 11.3. The Morgan fingerprint density at radius 3 is 2.75 bits per heavy atom. The highest BCUT2D eigenvalue weighted by atomic mass is 15.3. The summed E-state index contributed by atoms with van der Waals surface area (Å²) in [4.78, 5) is 4.45. The van der Waals surface area contributed by atoms with Crippen molar-refractivity contribution in [1.29, 1.82) is 0 Å². The van der Waals surface area contributed by atoms with Gasteiger partial charge >= 0.3 is 0 Å². The Labute approximate surface area is 118 Å². The van der Waals surface area contributed by atoms with Crippen LogP contribution >= 0.6 is 0 Å². The van der Waals surface area contributed by atoms with Crippen molar-refractivity contribution < 1.29 is 0 Å². The second-order valence-corrected chi connectivity index (χ2v) is 4.60. The summed E-state index contributed by atoms with van der Waals surface area (Å²) in [6.45, 7) is 2.70. The number of nitrogens with one attached hydrogen (secondary N) is 1. The average molecular weight is 264 g/mol. The molecule has 100 valence electrons. The number of benzene rings is 1. The average Bonchev–Trinajstić information content (AvgIpc) is 3.00. The van der Waals surface area contributed by atoms with E-state index in [0.29, 0.717) is 6.54 Å². The predicted molar refractivity (Wildman–Crippen MR) is 79.9 cm³/mol. The molecule has 0 unspecified atom stereocenters. The van der Waals surface area contributed by atoms with Gasteiger partial charge in [0.25, 0.3) is 0 Å². The minimum atomic E-state index is 0.715. The van der Waals surface area contributed by atoms with E-state index in [1.54, 1.807) is 6.20 Å². The Balaban J connectivity index is 1.81. The van der Waals surface area contributed by atoms with E-state index in [4.69, 9.17) is 0 Å². The van der Waals surface area contributed by atoms with Gasteiger partial charge in [0.15, 0.2) is 0 Å². The van der Waals surface area contributed by atoms with Crippen LogP contribution in [0.3, 0.4) is 0 Å². The summed E-state index contributed by atoms with van der Waals surface area (Å²) in [7, 11) is 0. The molecule has 0 spiro atoms. The first-order valence-corrected chi connectivity index (χ1v) is 6.58. The first-order chi connectivity index (χ1) is 9.83.